The second-order valence-corrected chi connectivity index (χ2v) is 6.74. The standard InChI is InChI=1S/C19H26FN3O/c1-22(15-6-3-2-4-7-15)13-11-21-19(24)14-23-12-10-16-17(20)8-5-9-18(16)23/h5,8-10,12,15H,2-4,6-7,11,13-14H2,1H3,(H,21,24). The molecule has 0 saturated heterocycles. The van der Waals surface area contributed by atoms with E-state index in [1.807, 2.05) is 6.07 Å². The molecule has 0 aliphatic heterocycles. The quantitative estimate of drug-likeness (QED) is 0.883. The molecule has 5 heteroatoms. The molecule has 0 unspecified atom stereocenters. The molecule has 1 aliphatic carbocycles. The number of likely N-dealkylation sites (N-methyl/N-ethyl adjacent to an activating group) is 1. The second kappa shape index (κ2) is 7.79. The molecule has 2 aromatic rings. The van der Waals surface area contributed by atoms with Gasteiger partial charge in [0.05, 0.1) is 5.52 Å². The highest BCUT2D eigenvalue weighted by atomic mass is 19.1. The zero-order valence-electron chi connectivity index (χ0n) is 14.3. The van der Waals surface area contributed by atoms with Crippen LogP contribution < -0.4 is 5.32 Å². The average molecular weight is 331 g/mol. The van der Waals surface area contributed by atoms with Crippen LogP contribution in [0.1, 0.15) is 32.1 Å². The molecule has 1 saturated carbocycles. The molecule has 1 heterocycles. The van der Waals surface area contributed by atoms with Crippen molar-refractivity contribution in [2.75, 3.05) is 20.1 Å². The van der Waals surface area contributed by atoms with E-state index < -0.39 is 0 Å². The van der Waals surface area contributed by atoms with E-state index in [0.717, 1.165) is 12.1 Å². The lowest BCUT2D eigenvalue weighted by Crippen LogP contribution is -2.40. The van der Waals surface area contributed by atoms with Crippen LogP contribution in [0.15, 0.2) is 30.5 Å². The Bertz CT molecular complexity index is 691. The Kier molecular flexibility index (Phi) is 5.51. The molecule has 4 nitrogen and oxygen atoms in total. The number of hydrogen-bond acceptors (Lipinski definition) is 2. The summed E-state index contributed by atoms with van der Waals surface area (Å²) in [5, 5.41) is 3.53. The fraction of sp³-hybridized carbons (Fsp3) is 0.526. The van der Waals surface area contributed by atoms with Gasteiger partial charge in [-0.1, -0.05) is 25.3 Å². The molecule has 1 aliphatic rings. The Morgan fingerprint density at radius 1 is 1.29 bits per heavy atom. The zero-order chi connectivity index (χ0) is 16.9. The first-order valence-corrected chi connectivity index (χ1v) is 8.85. The van der Waals surface area contributed by atoms with Crippen molar-refractivity contribution >= 4 is 16.8 Å². The van der Waals surface area contributed by atoms with Gasteiger partial charge in [0, 0.05) is 30.7 Å². The summed E-state index contributed by atoms with van der Waals surface area (Å²) in [5.41, 5.74) is 0.754. The molecule has 1 fully saturated rings. The van der Waals surface area contributed by atoms with Gasteiger partial charge in [-0.2, -0.15) is 0 Å². The van der Waals surface area contributed by atoms with Gasteiger partial charge < -0.3 is 14.8 Å². The Morgan fingerprint density at radius 2 is 2.08 bits per heavy atom. The molecule has 1 amide bonds. The molecular formula is C19H26FN3O. The topological polar surface area (TPSA) is 37.3 Å². The van der Waals surface area contributed by atoms with Crippen molar-refractivity contribution in [1.29, 1.82) is 0 Å². The van der Waals surface area contributed by atoms with E-state index >= 15 is 0 Å². The van der Waals surface area contributed by atoms with Crippen molar-refractivity contribution in [3.63, 3.8) is 0 Å². The Morgan fingerprint density at radius 3 is 2.88 bits per heavy atom. The van der Waals surface area contributed by atoms with E-state index in [9.17, 15) is 9.18 Å². The fourth-order valence-electron chi connectivity index (χ4n) is 3.61. The lowest BCUT2D eigenvalue weighted by atomic mass is 9.94. The van der Waals surface area contributed by atoms with E-state index in [4.69, 9.17) is 0 Å². The third-order valence-corrected chi connectivity index (χ3v) is 5.06. The maximum atomic E-state index is 13.7. The number of carbonyl (C=O) groups is 1. The van der Waals surface area contributed by atoms with E-state index in [0.29, 0.717) is 18.0 Å². The smallest absolute Gasteiger partial charge is 0.239 e. The van der Waals surface area contributed by atoms with E-state index in [1.54, 1.807) is 22.9 Å². The van der Waals surface area contributed by atoms with Crippen LogP contribution in [0.3, 0.4) is 0 Å². The van der Waals surface area contributed by atoms with Gasteiger partial charge in [0.2, 0.25) is 5.91 Å². The van der Waals surface area contributed by atoms with Gasteiger partial charge in [-0.15, -0.1) is 0 Å². The maximum absolute atomic E-state index is 13.7. The SMILES string of the molecule is CN(CCNC(=O)Cn1ccc2c(F)cccc21)C1CCCCC1. The summed E-state index contributed by atoms with van der Waals surface area (Å²) < 4.78 is 15.5. The number of hydrogen-bond donors (Lipinski definition) is 1. The van der Waals surface area contributed by atoms with Crippen molar-refractivity contribution < 1.29 is 9.18 Å². The van der Waals surface area contributed by atoms with Crippen LogP contribution in [0.2, 0.25) is 0 Å². The molecule has 0 atom stereocenters. The summed E-state index contributed by atoms with van der Waals surface area (Å²) in [5.74, 6) is -0.283. The molecule has 3 rings (SSSR count). The van der Waals surface area contributed by atoms with Gasteiger partial charge in [0.1, 0.15) is 12.4 Å². The summed E-state index contributed by atoms with van der Waals surface area (Å²) in [6, 6.07) is 7.32. The minimum atomic E-state index is -0.249. The van der Waals surface area contributed by atoms with Gasteiger partial charge in [-0.3, -0.25) is 4.79 Å². The Balaban J connectivity index is 1.47. The number of halogens is 1. The number of nitrogens with zero attached hydrogens (tertiary/aromatic N) is 2. The van der Waals surface area contributed by atoms with E-state index in [2.05, 4.69) is 17.3 Å². The minimum absolute atomic E-state index is 0.0335. The zero-order valence-corrected chi connectivity index (χ0v) is 14.3. The first-order chi connectivity index (χ1) is 11.6. The van der Waals surface area contributed by atoms with Crippen LogP contribution >= 0.6 is 0 Å². The molecule has 0 radical (unpaired) electrons. The number of rotatable bonds is 6. The Hall–Kier alpha value is -1.88. The van der Waals surface area contributed by atoms with Crippen molar-refractivity contribution in [1.82, 2.24) is 14.8 Å². The fourth-order valence-corrected chi connectivity index (χ4v) is 3.61. The van der Waals surface area contributed by atoms with Gasteiger partial charge in [0.25, 0.3) is 0 Å². The van der Waals surface area contributed by atoms with Crippen molar-refractivity contribution in [3.05, 3.63) is 36.3 Å². The average Bonchev–Trinajstić information content (AvgIpc) is 3.00. The van der Waals surface area contributed by atoms with Gasteiger partial charge in [-0.25, -0.2) is 4.39 Å². The normalized spacial score (nSPS) is 16.0. The van der Waals surface area contributed by atoms with Crippen molar-refractivity contribution in [2.45, 2.75) is 44.7 Å². The lowest BCUT2D eigenvalue weighted by molar-refractivity contribution is -0.121. The predicted octanol–water partition coefficient (Wildman–Crippen LogP) is 3.16. The van der Waals surface area contributed by atoms with Gasteiger partial charge in [-0.05, 0) is 38.1 Å². The summed E-state index contributed by atoms with van der Waals surface area (Å²) in [4.78, 5) is 14.5. The molecule has 130 valence electrons. The van der Waals surface area contributed by atoms with Crippen LogP contribution in [0, 0.1) is 5.82 Å². The third kappa shape index (κ3) is 3.96. The summed E-state index contributed by atoms with van der Waals surface area (Å²) >= 11 is 0. The number of benzene rings is 1. The minimum Gasteiger partial charge on any atom is -0.353 e. The molecule has 24 heavy (non-hydrogen) atoms. The monoisotopic (exact) mass is 331 g/mol. The van der Waals surface area contributed by atoms with Gasteiger partial charge in [0.15, 0.2) is 0 Å². The molecule has 1 aromatic heterocycles. The number of carbonyl (C=O) groups excluding carboxylic acids is 1. The van der Waals surface area contributed by atoms with Crippen molar-refractivity contribution in [2.24, 2.45) is 0 Å². The van der Waals surface area contributed by atoms with Crippen LogP contribution in [-0.4, -0.2) is 41.6 Å². The molecule has 0 bridgehead atoms. The number of amides is 1. The van der Waals surface area contributed by atoms with E-state index in [1.165, 1.54) is 38.2 Å². The number of aromatic nitrogens is 1. The highest BCUT2D eigenvalue weighted by molar-refractivity contribution is 5.83. The lowest BCUT2D eigenvalue weighted by Gasteiger charge is -2.31. The third-order valence-electron chi connectivity index (χ3n) is 5.06. The maximum Gasteiger partial charge on any atom is 0.239 e. The molecular weight excluding hydrogens is 305 g/mol. The van der Waals surface area contributed by atoms with E-state index in [-0.39, 0.29) is 18.3 Å². The molecule has 1 aromatic carbocycles. The molecule has 0 spiro atoms. The summed E-state index contributed by atoms with van der Waals surface area (Å²) in [6.45, 7) is 1.75. The first kappa shape index (κ1) is 17.0. The summed E-state index contributed by atoms with van der Waals surface area (Å²) in [6.07, 6.45) is 8.29. The first-order valence-electron chi connectivity index (χ1n) is 8.85. The number of nitrogens with one attached hydrogen (secondary N) is 1. The molecule has 1 N–H and O–H groups in total. The highest BCUT2D eigenvalue weighted by Gasteiger charge is 2.17. The van der Waals surface area contributed by atoms with Crippen LogP contribution in [0.4, 0.5) is 4.39 Å². The van der Waals surface area contributed by atoms with Crippen LogP contribution in [0.25, 0.3) is 10.9 Å². The number of fused-ring (bicyclic) bond motifs is 1. The van der Waals surface area contributed by atoms with Crippen molar-refractivity contribution in [3.8, 4) is 0 Å². The highest BCUT2D eigenvalue weighted by Crippen LogP contribution is 2.21. The largest absolute Gasteiger partial charge is 0.353 e. The van der Waals surface area contributed by atoms with Gasteiger partial charge >= 0.3 is 0 Å². The predicted molar refractivity (Wildman–Crippen MR) is 94.4 cm³/mol. The van der Waals surface area contributed by atoms with Crippen LogP contribution in [0.5, 0.6) is 0 Å². The second-order valence-electron chi connectivity index (χ2n) is 6.74. The van der Waals surface area contributed by atoms with Crippen LogP contribution in [-0.2, 0) is 11.3 Å². The Labute approximate surface area is 142 Å². The summed E-state index contributed by atoms with van der Waals surface area (Å²) in [7, 11) is 2.14.